The molecule has 0 radical (unpaired) electrons. The number of nitrogens with zero attached hydrogens (tertiary/aromatic N) is 4. The summed E-state index contributed by atoms with van der Waals surface area (Å²) in [4.78, 5) is 40.3. The van der Waals surface area contributed by atoms with E-state index in [2.05, 4.69) is 10.4 Å². The summed E-state index contributed by atoms with van der Waals surface area (Å²) in [5, 5.41) is 7.36. The van der Waals surface area contributed by atoms with Gasteiger partial charge in [-0.25, -0.2) is 9.18 Å². The molecule has 3 amide bonds. The summed E-state index contributed by atoms with van der Waals surface area (Å²) in [6.45, 7) is 0.318. The highest BCUT2D eigenvalue weighted by atomic mass is 35.5. The number of amides is 3. The van der Waals surface area contributed by atoms with Crippen LogP contribution in [0.1, 0.15) is 0 Å². The van der Waals surface area contributed by atoms with Crippen LogP contribution in [0, 0.1) is 5.82 Å². The van der Waals surface area contributed by atoms with Crippen molar-refractivity contribution in [3.63, 3.8) is 0 Å². The Hall–Kier alpha value is -3.33. The molecule has 0 aliphatic carbocycles. The summed E-state index contributed by atoms with van der Waals surface area (Å²) < 4.78 is 14.1. The maximum atomic E-state index is 13.2. The summed E-state index contributed by atoms with van der Waals surface area (Å²) in [5.74, 6) is -2.50. The first kappa shape index (κ1) is 19.0. The maximum Gasteiger partial charge on any atom is 0.502 e. The van der Waals surface area contributed by atoms with Crippen molar-refractivity contribution in [2.75, 3.05) is 29.9 Å². The molecule has 1 N–H and O–H groups in total. The second-order valence-corrected chi connectivity index (χ2v) is 6.99. The molecule has 0 saturated carbocycles. The molecule has 148 valence electrons. The van der Waals surface area contributed by atoms with Gasteiger partial charge in [0.25, 0.3) is 18.7 Å². The van der Waals surface area contributed by atoms with Crippen LogP contribution in [0.4, 0.5) is 15.8 Å². The molecule has 1 fully saturated rings. The third-order valence-corrected chi connectivity index (χ3v) is 4.86. The summed E-state index contributed by atoms with van der Waals surface area (Å²) in [5.41, 5.74) is 1.13. The normalized spacial score (nSPS) is 18.6. The van der Waals surface area contributed by atoms with E-state index in [1.165, 1.54) is 17.0 Å². The van der Waals surface area contributed by atoms with E-state index in [1.54, 1.807) is 41.3 Å². The molecule has 1 unspecified atom stereocenters. The molecule has 2 aliphatic heterocycles. The van der Waals surface area contributed by atoms with Gasteiger partial charge in [-0.05, 0) is 47.2 Å². The van der Waals surface area contributed by atoms with Crippen LogP contribution in [0.5, 0.6) is 0 Å². The van der Waals surface area contributed by atoms with Crippen molar-refractivity contribution in [2.45, 2.75) is 6.29 Å². The molecular formula is C19H16ClFN5O3+. The van der Waals surface area contributed by atoms with Gasteiger partial charge in [0.05, 0.1) is 0 Å². The minimum absolute atomic E-state index is 0.304. The minimum atomic E-state index is -0.872. The van der Waals surface area contributed by atoms with Gasteiger partial charge in [-0.15, -0.1) is 0 Å². The van der Waals surface area contributed by atoms with Gasteiger partial charge < -0.3 is 10.2 Å². The summed E-state index contributed by atoms with van der Waals surface area (Å²) in [6.07, 6.45) is -0.773. The van der Waals surface area contributed by atoms with Gasteiger partial charge in [0.1, 0.15) is 5.82 Å². The van der Waals surface area contributed by atoms with Crippen LogP contribution in [0.15, 0.2) is 53.6 Å². The van der Waals surface area contributed by atoms with Crippen molar-refractivity contribution in [3.05, 3.63) is 59.4 Å². The largest absolute Gasteiger partial charge is 0.502 e. The molecule has 10 heteroatoms. The fraction of sp³-hybridized carbons (Fsp3) is 0.211. The number of fused-ring (bicyclic) bond motifs is 1. The van der Waals surface area contributed by atoms with Crippen LogP contribution < -0.4 is 10.2 Å². The SMILES string of the molecule is O=C(C[N+]1=NC2N(CCN2c2ccc(F)cc2)C(=O)C1=O)Nc1cccc(Cl)c1. The highest BCUT2D eigenvalue weighted by molar-refractivity contribution is 6.32. The monoisotopic (exact) mass is 416 g/mol. The van der Waals surface area contributed by atoms with E-state index in [9.17, 15) is 18.8 Å². The van der Waals surface area contributed by atoms with Crippen LogP contribution in [-0.2, 0) is 14.4 Å². The van der Waals surface area contributed by atoms with E-state index >= 15 is 0 Å². The van der Waals surface area contributed by atoms with Crippen molar-refractivity contribution >= 4 is 40.7 Å². The molecule has 1 atom stereocenters. The highest BCUT2D eigenvalue weighted by Gasteiger charge is 2.49. The molecule has 4 rings (SSSR count). The lowest BCUT2D eigenvalue weighted by Crippen LogP contribution is -2.52. The lowest BCUT2D eigenvalue weighted by molar-refractivity contribution is -0.509. The Bertz CT molecular complexity index is 1030. The summed E-state index contributed by atoms with van der Waals surface area (Å²) in [7, 11) is 0. The molecule has 2 heterocycles. The second kappa shape index (κ2) is 7.59. The minimum Gasteiger partial charge on any atom is -0.326 e. The second-order valence-electron chi connectivity index (χ2n) is 6.55. The smallest absolute Gasteiger partial charge is 0.326 e. The first-order chi connectivity index (χ1) is 13.9. The number of anilines is 2. The topological polar surface area (TPSA) is 85.1 Å². The Kier molecular flexibility index (Phi) is 4.98. The average Bonchev–Trinajstić information content (AvgIpc) is 3.10. The summed E-state index contributed by atoms with van der Waals surface area (Å²) >= 11 is 5.89. The fourth-order valence-corrected chi connectivity index (χ4v) is 3.46. The zero-order chi connectivity index (χ0) is 20.5. The van der Waals surface area contributed by atoms with Gasteiger partial charge in [-0.3, -0.25) is 14.5 Å². The third-order valence-electron chi connectivity index (χ3n) is 4.62. The Labute approximate surface area is 170 Å². The number of rotatable bonds is 4. The Balaban J connectivity index is 1.55. The average molecular weight is 417 g/mol. The molecule has 8 nitrogen and oxygen atoms in total. The number of hydrogen-bond donors (Lipinski definition) is 1. The number of halogens is 2. The lowest BCUT2D eigenvalue weighted by Gasteiger charge is -2.26. The van der Waals surface area contributed by atoms with Crippen molar-refractivity contribution in [1.29, 1.82) is 0 Å². The first-order valence-electron chi connectivity index (χ1n) is 8.83. The fourth-order valence-electron chi connectivity index (χ4n) is 3.27. The molecule has 0 aromatic heterocycles. The van der Waals surface area contributed by atoms with Gasteiger partial charge in [0, 0.05) is 34.6 Å². The van der Waals surface area contributed by atoms with Gasteiger partial charge in [-0.1, -0.05) is 17.7 Å². The zero-order valence-corrected chi connectivity index (χ0v) is 15.8. The summed E-state index contributed by atoms with van der Waals surface area (Å²) in [6, 6.07) is 12.3. The number of azo groups is 2. The van der Waals surface area contributed by atoms with E-state index in [0.717, 1.165) is 4.70 Å². The Morgan fingerprint density at radius 2 is 1.90 bits per heavy atom. The van der Waals surface area contributed by atoms with Crippen LogP contribution in [0.25, 0.3) is 0 Å². The molecular weight excluding hydrogens is 401 g/mol. The van der Waals surface area contributed by atoms with E-state index in [4.69, 9.17) is 11.6 Å². The van der Waals surface area contributed by atoms with Gasteiger partial charge in [-0.2, -0.15) is 0 Å². The maximum absolute atomic E-state index is 13.2. The predicted octanol–water partition coefficient (Wildman–Crippen LogP) is 2.05. The number of nitrogens with one attached hydrogen (secondary N) is 1. The Morgan fingerprint density at radius 3 is 2.62 bits per heavy atom. The predicted molar refractivity (Wildman–Crippen MR) is 102 cm³/mol. The number of carbonyl (C=O) groups excluding carboxylic acids is 3. The highest BCUT2D eigenvalue weighted by Crippen LogP contribution is 2.27. The standard InChI is InChI=1S/C19H15ClFN5O3/c20-12-2-1-3-14(10-12)22-16(27)11-26-18(29)17(28)25-9-8-24(19(25)23-26)15-6-4-13(21)5-7-15/h1-7,10,19H,8-9,11H2/p+1. The number of benzene rings is 2. The van der Waals surface area contributed by atoms with Crippen molar-refractivity contribution in [2.24, 2.45) is 5.11 Å². The molecule has 1 saturated heterocycles. The first-order valence-corrected chi connectivity index (χ1v) is 9.21. The van der Waals surface area contributed by atoms with Gasteiger partial charge in [0.15, 0.2) is 0 Å². The van der Waals surface area contributed by atoms with E-state index < -0.39 is 30.6 Å². The lowest BCUT2D eigenvalue weighted by atomic mass is 10.3. The van der Waals surface area contributed by atoms with E-state index in [1.807, 2.05) is 0 Å². The van der Waals surface area contributed by atoms with Crippen LogP contribution in [0.2, 0.25) is 5.02 Å². The van der Waals surface area contributed by atoms with Crippen LogP contribution >= 0.6 is 11.6 Å². The Morgan fingerprint density at radius 1 is 1.17 bits per heavy atom. The van der Waals surface area contributed by atoms with Crippen molar-refractivity contribution in [3.8, 4) is 0 Å². The van der Waals surface area contributed by atoms with Crippen molar-refractivity contribution < 1.29 is 23.5 Å². The van der Waals surface area contributed by atoms with Crippen molar-refractivity contribution in [1.82, 2.24) is 4.90 Å². The molecule has 29 heavy (non-hydrogen) atoms. The van der Waals surface area contributed by atoms with Gasteiger partial charge in [0.2, 0.25) is 0 Å². The molecule has 2 aromatic rings. The zero-order valence-electron chi connectivity index (χ0n) is 15.1. The third kappa shape index (κ3) is 3.81. The van der Waals surface area contributed by atoms with E-state index in [-0.39, 0.29) is 5.82 Å². The molecule has 0 spiro atoms. The van der Waals surface area contributed by atoms with E-state index in [0.29, 0.717) is 29.5 Å². The van der Waals surface area contributed by atoms with Crippen LogP contribution in [0.3, 0.4) is 0 Å². The molecule has 2 aromatic carbocycles. The number of carbonyl (C=O) groups is 3. The van der Waals surface area contributed by atoms with Crippen LogP contribution in [-0.4, -0.2) is 53.2 Å². The molecule has 2 aliphatic rings. The molecule has 0 bridgehead atoms. The van der Waals surface area contributed by atoms with Gasteiger partial charge >= 0.3 is 11.8 Å². The quantitative estimate of drug-likeness (QED) is 0.610. The number of hydrogen-bond acceptors (Lipinski definition) is 5.